The van der Waals surface area contributed by atoms with Crippen molar-refractivity contribution in [1.29, 1.82) is 0 Å². The molecule has 0 radical (unpaired) electrons. The highest BCUT2D eigenvalue weighted by atomic mass is 15.3. The van der Waals surface area contributed by atoms with Crippen molar-refractivity contribution in [2.45, 2.75) is 40.2 Å². The second kappa shape index (κ2) is 8.06. The van der Waals surface area contributed by atoms with Gasteiger partial charge in [0, 0.05) is 38.8 Å². The van der Waals surface area contributed by atoms with E-state index in [1.54, 1.807) is 0 Å². The molecular formula is C14H31N3. The van der Waals surface area contributed by atoms with Crippen LogP contribution >= 0.6 is 0 Å². The number of rotatable bonds is 7. The van der Waals surface area contributed by atoms with Gasteiger partial charge in [-0.15, -0.1) is 0 Å². The fourth-order valence-corrected chi connectivity index (χ4v) is 2.49. The van der Waals surface area contributed by atoms with E-state index in [-0.39, 0.29) is 0 Å². The Kier molecular flexibility index (Phi) is 7.09. The van der Waals surface area contributed by atoms with E-state index >= 15 is 0 Å². The molecule has 0 aromatic carbocycles. The molecule has 102 valence electrons. The Bertz CT molecular complexity index is 186. The lowest BCUT2D eigenvalue weighted by Crippen LogP contribution is -2.50. The smallest absolute Gasteiger partial charge is 0.0113 e. The zero-order valence-electron chi connectivity index (χ0n) is 12.2. The third-order valence-corrected chi connectivity index (χ3v) is 3.63. The third kappa shape index (κ3) is 5.84. The van der Waals surface area contributed by atoms with Crippen molar-refractivity contribution in [3.05, 3.63) is 0 Å². The summed E-state index contributed by atoms with van der Waals surface area (Å²) >= 11 is 0. The quantitative estimate of drug-likeness (QED) is 0.684. The summed E-state index contributed by atoms with van der Waals surface area (Å²) in [6.45, 7) is 17.7. The Hall–Kier alpha value is -0.120. The lowest BCUT2D eigenvalue weighted by Gasteiger charge is -2.38. The lowest BCUT2D eigenvalue weighted by atomic mass is 10.1. The molecule has 1 unspecified atom stereocenters. The van der Waals surface area contributed by atoms with E-state index in [0.29, 0.717) is 6.04 Å². The van der Waals surface area contributed by atoms with Crippen LogP contribution in [0.25, 0.3) is 0 Å². The summed E-state index contributed by atoms with van der Waals surface area (Å²) in [6, 6.07) is 0.709. The average Bonchev–Trinajstić information content (AvgIpc) is 2.30. The number of piperazine rings is 1. The first-order chi connectivity index (χ1) is 8.13. The summed E-state index contributed by atoms with van der Waals surface area (Å²) in [5, 5.41) is 3.51. The van der Waals surface area contributed by atoms with Crippen molar-refractivity contribution in [2.24, 2.45) is 5.92 Å². The minimum atomic E-state index is 0.709. The summed E-state index contributed by atoms with van der Waals surface area (Å²) in [6.07, 6.45) is 1.24. The Morgan fingerprint density at radius 2 is 1.71 bits per heavy atom. The first-order valence-electron chi connectivity index (χ1n) is 7.30. The molecule has 1 aliphatic heterocycles. The van der Waals surface area contributed by atoms with Gasteiger partial charge >= 0.3 is 0 Å². The topological polar surface area (TPSA) is 18.5 Å². The van der Waals surface area contributed by atoms with Crippen LogP contribution < -0.4 is 5.32 Å². The van der Waals surface area contributed by atoms with Crippen molar-refractivity contribution in [2.75, 3.05) is 45.8 Å². The minimum Gasteiger partial charge on any atom is -0.316 e. The molecule has 0 amide bonds. The Morgan fingerprint density at radius 3 is 2.24 bits per heavy atom. The van der Waals surface area contributed by atoms with Crippen molar-refractivity contribution < 1.29 is 0 Å². The highest BCUT2D eigenvalue weighted by molar-refractivity contribution is 4.75. The second-order valence-electron chi connectivity index (χ2n) is 5.74. The van der Waals surface area contributed by atoms with Crippen LogP contribution in [0.3, 0.4) is 0 Å². The van der Waals surface area contributed by atoms with Gasteiger partial charge in [0.05, 0.1) is 0 Å². The maximum atomic E-state index is 3.51. The molecule has 0 saturated carbocycles. The van der Waals surface area contributed by atoms with Crippen molar-refractivity contribution in [3.8, 4) is 0 Å². The first kappa shape index (κ1) is 14.9. The van der Waals surface area contributed by atoms with Crippen LogP contribution in [0.4, 0.5) is 0 Å². The number of nitrogens with one attached hydrogen (secondary N) is 1. The molecule has 1 aliphatic rings. The molecule has 1 saturated heterocycles. The molecule has 0 aromatic heterocycles. The van der Waals surface area contributed by atoms with Gasteiger partial charge in [-0.1, -0.05) is 13.8 Å². The third-order valence-electron chi connectivity index (χ3n) is 3.63. The Balaban J connectivity index is 2.12. The van der Waals surface area contributed by atoms with Gasteiger partial charge in [0.25, 0.3) is 0 Å². The van der Waals surface area contributed by atoms with Crippen LogP contribution in [-0.4, -0.2) is 61.7 Å². The fourth-order valence-electron chi connectivity index (χ4n) is 2.49. The van der Waals surface area contributed by atoms with Gasteiger partial charge in [0.1, 0.15) is 0 Å². The zero-order valence-corrected chi connectivity index (χ0v) is 12.2. The van der Waals surface area contributed by atoms with E-state index in [2.05, 4.69) is 42.8 Å². The van der Waals surface area contributed by atoms with Crippen molar-refractivity contribution >= 4 is 0 Å². The monoisotopic (exact) mass is 241 g/mol. The molecule has 0 bridgehead atoms. The molecule has 1 heterocycles. The standard InChI is InChI=1S/C14H31N3/c1-5-6-15-11-14(4)12-16-7-9-17(10-8-16)13(2)3/h13-15H,5-12H2,1-4H3. The molecule has 3 heteroatoms. The molecule has 1 rings (SSSR count). The second-order valence-corrected chi connectivity index (χ2v) is 5.74. The normalized spacial score (nSPS) is 21.0. The van der Waals surface area contributed by atoms with Gasteiger partial charge < -0.3 is 10.2 Å². The molecular weight excluding hydrogens is 210 g/mol. The predicted octanol–water partition coefficient (Wildman–Crippen LogP) is 1.65. The fraction of sp³-hybridized carbons (Fsp3) is 1.00. The number of hydrogen-bond acceptors (Lipinski definition) is 3. The first-order valence-corrected chi connectivity index (χ1v) is 7.30. The maximum absolute atomic E-state index is 3.51. The predicted molar refractivity (Wildman–Crippen MR) is 75.5 cm³/mol. The summed E-state index contributed by atoms with van der Waals surface area (Å²) < 4.78 is 0. The minimum absolute atomic E-state index is 0.709. The van der Waals surface area contributed by atoms with Crippen molar-refractivity contribution in [1.82, 2.24) is 15.1 Å². The van der Waals surface area contributed by atoms with Gasteiger partial charge in [0.15, 0.2) is 0 Å². The van der Waals surface area contributed by atoms with Crippen molar-refractivity contribution in [3.63, 3.8) is 0 Å². The molecule has 1 fully saturated rings. The molecule has 1 atom stereocenters. The highest BCUT2D eigenvalue weighted by Crippen LogP contribution is 2.07. The van der Waals surface area contributed by atoms with E-state index in [0.717, 1.165) is 19.0 Å². The van der Waals surface area contributed by atoms with E-state index in [1.165, 1.54) is 39.1 Å². The van der Waals surface area contributed by atoms with Crippen LogP contribution in [0.1, 0.15) is 34.1 Å². The van der Waals surface area contributed by atoms with Crippen LogP contribution in [0.15, 0.2) is 0 Å². The molecule has 0 aliphatic carbocycles. The Morgan fingerprint density at radius 1 is 1.06 bits per heavy atom. The zero-order chi connectivity index (χ0) is 12.7. The maximum Gasteiger partial charge on any atom is 0.0113 e. The van der Waals surface area contributed by atoms with E-state index in [9.17, 15) is 0 Å². The van der Waals surface area contributed by atoms with E-state index in [4.69, 9.17) is 0 Å². The van der Waals surface area contributed by atoms with Gasteiger partial charge in [-0.05, 0) is 39.3 Å². The van der Waals surface area contributed by atoms with Gasteiger partial charge in [-0.3, -0.25) is 4.90 Å². The van der Waals surface area contributed by atoms with Crippen LogP contribution in [0, 0.1) is 5.92 Å². The number of hydrogen-bond donors (Lipinski definition) is 1. The summed E-state index contributed by atoms with van der Waals surface area (Å²) in [5.41, 5.74) is 0. The van der Waals surface area contributed by atoms with E-state index < -0.39 is 0 Å². The summed E-state index contributed by atoms with van der Waals surface area (Å²) in [4.78, 5) is 5.20. The highest BCUT2D eigenvalue weighted by Gasteiger charge is 2.19. The molecule has 0 spiro atoms. The molecule has 17 heavy (non-hydrogen) atoms. The molecule has 1 N–H and O–H groups in total. The van der Waals surface area contributed by atoms with Gasteiger partial charge in [-0.25, -0.2) is 0 Å². The SMILES string of the molecule is CCCNCC(C)CN1CCN(C(C)C)CC1. The van der Waals surface area contributed by atoms with Crippen LogP contribution in [-0.2, 0) is 0 Å². The lowest BCUT2D eigenvalue weighted by molar-refractivity contribution is 0.0985. The van der Waals surface area contributed by atoms with Gasteiger partial charge in [-0.2, -0.15) is 0 Å². The summed E-state index contributed by atoms with van der Waals surface area (Å²) in [7, 11) is 0. The van der Waals surface area contributed by atoms with E-state index in [1.807, 2.05) is 0 Å². The molecule has 3 nitrogen and oxygen atoms in total. The van der Waals surface area contributed by atoms with Crippen LogP contribution in [0.2, 0.25) is 0 Å². The largest absolute Gasteiger partial charge is 0.316 e. The van der Waals surface area contributed by atoms with Gasteiger partial charge in [0.2, 0.25) is 0 Å². The van der Waals surface area contributed by atoms with Crippen LogP contribution in [0.5, 0.6) is 0 Å². The Labute approximate surface area is 108 Å². The number of nitrogens with zero attached hydrogens (tertiary/aromatic N) is 2. The average molecular weight is 241 g/mol. The molecule has 0 aromatic rings. The summed E-state index contributed by atoms with van der Waals surface area (Å²) in [5.74, 6) is 0.771.